The third-order valence-corrected chi connectivity index (χ3v) is 4.94. The number of carbonyl (C=O) groups excluding carboxylic acids is 1. The van der Waals surface area contributed by atoms with E-state index in [0.29, 0.717) is 35.2 Å². The second kappa shape index (κ2) is 8.34. The van der Waals surface area contributed by atoms with Crippen molar-refractivity contribution in [2.75, 3.05) is 35.5 Å². The Labute approximate surface area is 169 Å². The highest BCUT2D eigenvalue weighted by Gasteiger charge is 2.26. The fourth-order valence-electron chi connectivity index (χ4n) is 3.60. The predicted octanol–water partition coefficient (Wildman–Crippen LogP) is 4.15. The molecule has 7 heteroatoms. The number of aromatic nitrogens is 1. The molecular weight excluding hydrogens is 374 g/mol. The van der Waals surface area contributed by atoms with Crippen molar-refractivity contribution in [3.05, 3.63) is 36.0 Å². The molecule has 3 aromatic rings. The largest absolute Gasteiger partial charge is 0.493 e. The molecule has 0 spiro atoms. The minimum Gasteiger partial charge on any atom is -0.493 e. The molecule has 1 heterocycles. The van der Waals surface area contributed by atoms with Crippen molar-refractivity contribution < 1.29 is 28.5 Å². The molecular formula is C22H25NO6. The van der Waals surface area contributed by atoms with Crippen molar-refractivity contribution in [1.29, 1.82) is 0 Å². The molecule has 0 saturated carbocycles. The molecule has 3 rings (SSSR count). The summed E-state index contributed by atoms with van der Waals surface area (Å²) in [5.41, 5.74) is 2.82. The van der Waals surface area contributed by atoms with E-state index in [-0.39, 0.29) is 0 Å². The molecule has 0 amide bonds. The first-order chi connectivity index (χ1) is 14.0. The maximum Gasteiger partial charge on any atom is 0.355 e. The van der Waals surface area contributed by atoms with E-state index in [1.165, 1.54) is 7.11 Å². The summed E-state index contributed by atoms with van der Waals surface area (Å²) >= 11 is 0. The molecule has 7 nitrogen and oxygen atoms in total. The first-order valence-corrected chi connectivity index (χ1v) is 9.13. The van der Waals surface area contributed by atoms with Crippen LogP contribution >= 0.6 is 0 Å². The van der Waals surface area contributed by atoms with Gasteiger partial charge in [0.1, 0.15) is 5.69 Å². The lowest BCUT2D eigenvalue weighted by atomic mass is 10.0. The third-order valence-electron chi connectivity index (χ3n) is 4.94. The summed E-state index contributed by atoms with van der Waals surface area (Å²) in [6.07, 6.45) is 0. The minimum atomic E-state index is -0.425. The highest BCUT2D eigenvalue weighted by atomic mass is 16.5. The second-order valence-corrected chi connectivity index (χ2v) is 6.25. The van der Waals surface area contributed by atoms with Gasteiger partial charge in [-0.1, -0.05) is 6.07 Å². The van der Waals surface area contributed by atoms with Gasteiger partial charge in [-0.3, -0.25) is 0 Å². The summed E-state index contributed by atoms with van der Waals surface area (Å²) in [7, 11) is 7.69. The van der Waals surface area contributed by atoms with E-state index in [1.54, 1.807) is 28.4 Å². The summed E-state index contributed by atoms with van der Waals surface area (Å²) in [6, 6.07) is 9.29. The summed E-state index contributed by atoms with van der Waals surface area (Å²) in [6.45, 7) is 2.55. The van der Waals surface area contributed by atoms with Crippen molar-refractivity contribution in [1.82, 2.24) is 4.57 Å². The average molecular weight is 399 g/mol. The van der Waals surface area contributed by atoms with Gasteiger partial charge in [-0.2, -0.15) is 0 Å². The molecule has 0 unspecified atom stereocenters. The Balaban J connectivity index is 2.45. The number of methoxy groups -OCH3 is 5. The number of hydrogen-bond acceptors (Lipinski definition) is 6. The zero-order valence-electron chi connectivity index (χ0n) is 17.5. The van der Waals surface area contributed by atoms with E-state index in [0.717, 1.165) is 22.0 Å². The predicted molar refractivity (Wildman–Crippen MR) is 111 cm³/mol. The van der Waals surface area contributed by atoms with Crippen LogP contribution in [0.3, 0.4) is 0 Å². The summed E-state index contributed by atoms with van der Waals surface area (Å²) in [5, 5.41) is 0.845. The standard InChI is InChI=1S/C22H25NO6/c1-7-23-15-12-19(28-5)18(27-4)11-14(15)20(21(23)22(24)29-6)13-8-9-16(25-2)17(10-13)26-3/h8-12H,7H2,1-6H3. The molecule has 0 aliphatic heterocycles. The zero-order chi connectivity index (χ0) is 21.1. The van der Waals surface area contributed by atoms with Gasteiger partial charge in [0.2, 0.25) is 0 Å². The van der Waals surface area contributed by atoms with Gasteiger partial charge >= 0.3 is 5.97 Å². The number of benzene rings is 2. The second-order valence-electron chi connectivity index (χ2n) is 6.25. The Morgan fingerprint density at radius 1 is 0.828 bits per heavy atom. The van der Waals surface area contributed by atoms with Crippen molar-refractivity contribution in [3.8, 4) is 34.1 Å². The highest BCUT2D eigenvalue weighted by molar-refractivity contribution is 6.09. The van der Waals surface area contributed by atoms with Crippen molar-refractivity contribution >= 4 is 16.9 Å². The van der Waals surface area contributed by atoms with Crippen LogP contribution in [-0.2, 0) is 11.3 Å². The molecule has 0 aliphatic rings. The van der Waals surface area contributed by atoms with Crippen molar-refractivity contribution in [3.63, 3.8) is 0 Å². The van der Waals surface area contributed by atoms with Crippen LogP contribution in [-0.4, -0.2) is 46.1 Å². The van der Waals surface area contributed by atoms with Crippen LogP contribution in [0, 0.1) is 0 Å². The number of hydrogen-bond donors (Lipinski definition) is 0. The molecule has 0 aliphatic carbocycles. The lowest BCUT2D eigenvalue weighted by molar-refractivity contribution is 0.0590. The topological polar surface area (TPSA) is 68.2 Å². The van der Waals surface area contributed by atoms with E-state index in [1.807, 2.05) is 41.8 Å². The van der Waals surface area contributed by atoms with Gasteiger partial charge < -0.3 is 28.3 Å². The number of aryl methyl sites for hydroxylation is 1. The normalized spacial score (nSPS) is 10.7. The number of nitrogens with zero attached hydrogens (tertiary/aromatic N) is 1. The molecule has 0 fully saturated rings. The SMILES string of the molecule is CCn1c(C(=O)OC)c(-c2ccc(OC)c(OC)c2)c2cc(OC)c(OC)cc21. The Hall–Kier alpha value is -3.35. The van der Waals surface area contributed by atoms with Crippen LogP contribution in [0.1, 0.15) is 17.4 Å². The van der Waals surface area contributed by atoms with Gasteiger partial charge in [0.25, 0.3) is 0 Å². The number of ether oxygens (including phenoxy) is 5. The van der Waals surface area contributed by atoms with E-state index >= 15 is 0 Å². The van der Waals surface area contributed by atoms with Crippen molar-refractivity contribution in [2.24, 2.45) is 0 Å². The number of carbonyl (C=O) groups is 1. The summed E-state index contributed by atoms with van der Waals surface area (Å²) in [5.74, 6) is 1.91. The summed E-state index contributed by atoms with van der Waals surface area (Å²) < 4.78 is 28.8. The van der Waals surface area contributed by atoms with E-state index in [9.17, 15) is 4.79 Å². The van der Waals surface area contributed by atoms with Crippen LogP contribution in [0.4, 0.5) is 0 Å². The summed E-state index contributed by atoms with van der Waals surface area (Å²) in [4.78, 5) is 12.8. The first-order valence-electron chi connectivity index (χ1n) is 9.13. The maximum atomic E-state index is 12.8. The number of esters is 1. The molecule has 0 saturated heterocycles. The lowest BCUT2D eigenvalue weighted by Gasteiger charge is -2.11. The monoisotopic (exact) mass is 399 g/mol. The van der Waals surface area contributed by atoms with E-state index in [2.05, 4.69) is 0 Å². The number of fused-ring (bicyclic) bond motifs is 1. The molecule has 1 aromatic heterocycles. The van der Waals surface area contributed by atoms with Gasteiger partial charge in [-0.15, -0.1) is 0 Å². The van der Waals surface area contributed by atoms with Gasteiger partial charge in [0.05, 0.1) is 41.1 Å². The Kier molecular flexibility index (Phi) is 5.87. The molecule has 0 radical (unpaired) electrons. The zero-order valence-corrected chi connectivity index (χ0v) is 17.5. The van der Waals surface area contributed by atoms with Gasteiger partial charge in [-0.05, 0) is 30.7 Å². The lowest BCUT2D eigenvalue weighted by Crippen LogP contribution is -2.11. The maximum absolute atomic E-state index is 12.8. The average Bonchev–Trinajstić information content (AvgIpc) is 3.09. The first kappa shape index (κ1) is 20.4. The molecule has 0 atom stereocenters. The molecule has 2 aromatic carbocycles. The smallest absolute Gasteiger partial charge is 0.355 e. The van der Waals surface area contributed by atoms with Crippen molar-refractivity contribution in [2.45, 2.75) is 13.5 Å². The quantitative estimate of drug-likeness (QED) is 0.556. The van der Waals surface area contributed by atoms with Gasteiger partial charge in [0, 0.05) is 23.6 Å². The molecule has 29 heavy (non-hydrogen) atoms. The Morgan fingerprint density at radius 2 is 1.41 bits per heavy atom. The Bertz CT molecular complexity index is 1050. The fraction of sp³-hybridized carbons (Fsp3) is 0.318. The molecule has 0 bridgehead atoms. The molecule has 0 N–H and O–H groups in total. The van der Waals surface area contributed by atoms with Crippen LogP contribution in [0.15, 0.2) is 30.3 Å². The third kappa shape index (κ3) is 3.33. The minimum absolute atomic E-state index is 0.425. The van der Waals surface area contributed by atoms with Crippen LogP contribution in [0.2, 0.25) is 0 Å². The van der Waals surface area contributed by atoms with Crippen LogP contribution < -0.4 is 18.9 Å². The Morgan fingerprint density at radius 3 is 1.97 bits per heavy atom. The van der Waals surface area contributed by atoms with Gasteiger partial charge in [-0.25, -0.2) is 4.79 Å². The van der Waals surface area contributed by atoms with Crippen LogP contribution in [0.25, 0.3) is 22.0 Å². The molecule has 154 valence electrons. The van der Waals surface area contributed by atoms with E-state index in [4.69, 9.17) is 23.7 Å². The fourth-order valence-corrected chi connectivity index (χ4v) is 3.60. The van der Waals surface area contributed by atoms with Crippen LogP contribution in [0.5, 0.6) is 23.0 Å². The highest BCUT2D eigenvalue weighted by Crippen LogP contribution is 2.43. The number of rotatable bonds is 7. The van der Waals surface area contributed by atoms with Gasteiger partial charge in [0.15, 0.2) is 23.0 Å². The van der Waals surface area contributed by atoms with E-state index < -0.39 is 5.97 Å².